The first-order valence-corrected chi connectivity index (χ1v) is 7.16. The molecule has 1 fully saturated rings. The van der Waals surface area contributed by atoms with E-state index in [9.17, 15) is 0 Å². The second kappa shape index (κ2) is 4.50. The molecule has 1 heterocycles. The molecule has 0 unspecified atom stereocenters. The Morgan fingerprint density at radius 3 is 2.75 bits per heavy atom. The summed E-state index contributed by atoms with van der Waals surface area (Å²) in [4.78, 5) is 0. The Kier molecular flexibility index (Phi) is 3.03. The minimum atomic E-state index is 0.797. The summed E-state index contributed by atoms with van der Waals surface area (Å²) in [6.07, 6.45) is 6.56. The summed E-state index contributed by atoms with van der Waals surface area (Å²) in [5, 5.41) is 3.46. The number of halogens is 1. The van der Waals surface area contributed by atoms with Gasteiger partial charge in [0.1, 0.15) is 0 Å². The van der Waals surface area contributed by atoms with Gasteiger partial charge in [-0.05, 0) is 79.9 Å². The van der Waals surface area contributed by atoms with Gasteiger partial charge in [0, 0.05) is 4.47 Å². The lowest BCUT2D eigenvalue weighted by Crippen LogP contribution is -2.27. The van der Waals surface area contributed by atoms with Crippen molar-refractivity contribution in [2.45, 2.75) is 38.0 Å². The van der Waals surface area contributed by atoms with Crippen LogP contribution in [-0.4, -0.2) is 13.1 Å². The maximum atomic E-state index is 3.67. The molecule has 1 nitrogen and oxygen atoms in total. The van der Waals surface area contributed by atoms with Gasteiger partial charge in [-0.3, -0.25) is 0 Å². The fourth-order valence-corrected chi connectivity index (χ4v) is 3.72. The van der Waals surface area contributed by atoms with Crippen molar-refractivity contribution in [1.29, 1.82) is 0 Å². The molecule has 0 atom stereocenters. The molecule has 1 aromatic carbocycles. The highest BCUT2D eigenvalue weighted by atomic mass is 79.9. The van der Waals surface area contributed by atoms with Crippen molar-refractivity contribution in [3.8, 4) is 0 Å². The Labute approximate surface area is 106 Å². The van der Waals surface area contributed by atoms with Crippen LogP contribution in [0.1, 0.15) is 41.9 Å². The Bertz CT molecular complexity index is 394. The lowest BCUT2D eigenvalue weighted by molar-refractivity contribution is 0.458. The zero-order valence-electron chi connectivity index (χ0n) is 9.56. The molecule has 1 aromatic rings. The maximum absolute atomic E-state index is 3.67. The van der Waals surface area contributed by atoms with Gasteiger partial charge >= 0.3 is 0 Å². The molecule has 2 heteroatoms. The fraction of sp³-hybridized carbons (Fsp3) is 0.571. The summed E-state index contributed by atoms with van der Waals surface area (Å²) in [6, 6.07) is 4.70. The minimum Gasteiger partial charge on any atom is -0.317 e. The summed E-state index contributed by atoms with van der Waals surface area (Å²) in [5.41, 5.74) is 4.92. The predicted molar refractivity (Wildman–Crippen MR) is 71.0 cm³/mol. The molecule has 3 rings (SSSR count). The standard InChI is InChI=1S/C14H18BrN/c15-12-8-11-2-1-3-13(11)14(9-12)10-4-6-16-7-5-10/h8-10,16H,1-7H2. The third kappa shape index (κ3) is 1.93. The monoisotopic (exact) mass is 279 g/mol. The largest absolute Gasteiger partial charge is 0.317 e. The van der Waals surface area contributed by atoms with Gasteiger partial charge in [0.15, 0.2) is 0 Å². The van der Waals surface area contributed by atoms with Crippen LogP contribution in [0.2, 0.25) is 0 Å². The molecule has 0 bridgehead atoms. The molecule has 16 heavy (non-hydrogen) atoms. The quantitative estimate of drug-likeness (QED) is 0.831. The SMILES string of the molecule is Brc1cc2c(c(C3CCNCC3)c1)CCC2. The number of rotatable bonds is 1. The summed E-state index contributed by atoms with van der Waals surface area (Å²) in [6.45, 7) is 2.37. The zero-order chi connectivity index (χ0) is 11.0. The van der Waals surface area contributed by atoms with E-state index < -0.39 is 0 Å². The van der Waals surface area contributed by atoms with Crippen LogP contribution in [0, 0.1) is 0 Å². The Morgan fingerprint density at radius 1 is 1.12 bits per heavy atom. The van der Waals surface area contributed by atoms with Crippen molar-refractivity contribution < 1.29 is 0 Å². The zero-order valence-corrected chi connectivity index (χ0v) is 11.1. The van der Waals surface area contributed by atoms with Gasteiger partial charge in [-0.15, -0.1) is 0 Å². The second-order valence-corrected chi connectivity index (χ2v) is 5.93. The molecular formula is C14H18BrN. The van der Waals surface area contributed by atoms with E-state index in [4.69, 9.17) is 0 Å². The Morgan fingerprint density at radius 2 is 1.94 bits per heavy atom. The lowest BCUT2D eigenvalue weighted by atomic mass is 9.86. The average molecular weight is 280 g/mol. The van der Waals surface area contributed by atoms with Crippen molar-refractivity contribution in [2.24, 2.45) is 0 Å². The van der Waals surface area contributed by atoms with E-state index in [0.717, 1.165) is 5.92 Å². The average Bonchev–Trinajstić information content (AvgIpc) is 2.77. The molecular weight excluding hydrogens is 262 g/mol. The first kappa shape index (κ1) is 10.8. The van der Waals surface area contributed by atoms with Crippen molar-refractivity contribution >= 4 is 15.9 Å². The maximum Gasteiger partial charge on any atom is 0.0181 e. The number of nitrogens with one attached hydrogen (secondary N) is 1. The van der Waals surface area contributed by atoms with Crippen LogP contribution < -0.4 is 5.32 Å². The Balaban J connectivity index is 1.99. The number of piperidine rings is 1. The Hall–Kier alpha value is -0.340. The lowest BCUT2D eigenvalue weighted by Gasteiger charge is -2.25. The van der Waals surface area contributed by atoms with Crippen molar-refractivity contribution in [3.05, 3.63) is 33.3 Å². The third-order valence-electron chi connectivity index (χ3n) is 3.99. The number of hydrogen-bond donors (Lipinski definition) is 1. The van der Waals surface area contributed by atoms with Crippen LogP contribution in [0.3, 0.4) is 0 Å². The number of hydrogen-bond acceptors (Lipinski definition) is 1. The van der Waals surface area contributed by atoms with Crippen LogP contribution in [0.15, 0.2) is 16.6 Å². The van der Waals surface area contributed by atoms with Crippen LogP contribution in [-0.2, 0) is 12.8 Å². The molecule has 86 valence electrons. The summed E-state index contributed by atoms with van der Waals surface area (Å²) >= 11 is 3.67. The van der Waals surface area contributed by atoms with Gasteiger partial charge in [0.2, 0.25) is 0 Å². The minimum absolute atomic E-state index is 0.797. The van der Waals surface area contributed by atoms with E-state index in [2.05, 4.69) is 33.4 Å². The summed E-state index contributed by atoms with van der Waals surface area (Å²) in [5.74, 6) is 0.797. The number of benzene rings is 1. The molecule has 0 aromatic heterocycles. The topological polar surface area (TPSA) is 12.0 Å². The molecule has 0 radical (unpaired) electrons. The molecule has 0 amide bonds. The molecule has 2 aliphatic rings. The van der Waals surface area contributed by atoms with Crippen molar-refractivity contribution in [2.75, 3.05) is 13.1 Å². The summed E-state index contributed by atoms with van der Waals surface area (Å²) in [7, 11) is 0. The molecule has 1 saturated heterocycles. The second-order valence-electron chi connectivity index (χ2n) is 5.01. The van der Waals surface area contributed by atoms with E-state index in [0.29, 0.717) is 0 Å². The van der Waals surface area contributed by atoms with E-state index in [1.54, 1.807) is 16.7 Å². The van der Waals surface area contributed by atoms with Gasteiger partial charge in [0.05, 0.1) is 0 Å². The van der Waals surface area contributed by atoms with E-state index in [-0.39, 0.29) is 0 Å². The number of aryl methyl sites for hydroxylation is 1. The fourth-order valence-electron chi connectivity index (χ4n) is 3.20. The van der Waals surface area contributed by atoms with Crippen molar-refractivity contribution in [1.82, 2.24) is 5.32 Å². The van der Waals surface area contributed by atoms with Gasteiger partial charge in [-0.2, -0.15) is 0 Å². The highest BCUT2D eigenvalue weighted by molar-refractivity contribution is 9.10. The van der Waals surface area contributed by atoms with Crippen molar-refractivity contribution in [3.63, 3.8) is 0 Å². The van der Waals surface area contributed by atoms with Crippen LogP contribution in [0.4, 0.5) is 0 Å². The molecule has 0 spiro atoms. The van der Waals surface area contributed by atoms with E-state index in [1.807, 2.05) is 0 Å². The van der Waals surface area contributed by atoms with Gasteiger partial charge in [-0.25, -0.2) is 0 Å². The van der Waals surface area contributed by atoms with Crippen LogP contribution in [0.25, 0.3) is 0 Å². The van der Waals surface area contributed by atoms with Gasteiger partial charge in [0.25, 0.3) is 0 Å². The number of fused-ring (bicyclic) bond motifs is 1. The predicted octanol–water partition coefficient (Wildman–Crippen LogP) is 3.40. The van der Waals surface area contributed by atoms with E-state index >= 15 is 0 Å². The van der Waals surface area contributed by atoms with Gasteiger partial charge < -0.3 is 5.32 Å². The van der Waals surface area contributed by atoms with Crippen LogP contribution in [0.5, 0.6) is 0 Å². The highest BCUT2D eigenvalue weighted by Crippen LogP contribution is 2.36. The third-order valence-corrected chi connectivity index (χ3v) is 4.45. The molecule has 1 aliphatic heterocycles. The van der Waals surface area contributed by atoms with Crippen LogP contribution >= 0.6 is 15.9 Å². The highest BCUT2D eigenvalue weighted by Gasteiger charge is 2.22. The smallest absolute Gasteiger partial charge is 0.0181 e. The summed E-state index contributed by atoms with van der Waals surface area (Å²) < 4.78 is 1.28. The van der Waals surface area contributed by atoms with E-state index in [1.165, 1.54) is 49.7 Å². The molecule has 1 aliphatic carbocycles. The molecule has 0 saturated carbocycles. The normalized spacial score (nSPS) is 21.1. The first-order chi connectivity index (χ1) is 7.84. The molecule has 1 N–H and O–H groups in total. The van der Waals surface area contributed by atoms with Gasteiger partial charge in [-0.1, -0.05) is 15.9 Å². The first-order valence-electron chi connectivity index (χ1n) is 6.36.